The number of amides is 2. The van der Waals surface area contributed by atoms with E-state index in [0.717, 1.165) is 16.8 Å². The number of rotatable bonds is 1. The maximum atomic E-state index is 11.6. The lowest BCUT2D eigenvalue weighted by molar-refractivity contribution is 0.249. The molecular weight excluding hydrogens is 232 g/mol. The molecule has 0 spiro atoms. The number of nitrogens with one attached hydrogen (secondary N) is 3. The number of anilines is 1. The van der Waals surface area contributed by atoms with Crippen molar-refractivity contribution < 1.29 is 9.90 Å². The molecule has 1 aliphatic heterocycles. The number of H-pyrrole nitrogens is 1. The van der Waals surface area contributed by atoms with Crippen molar-refractivity contribution in [2.24, 2.45) is 0 Å². The van der Waals surface area contributed by atoms with Crippen LogP contribution >= 0.6 is 0 Å². The Morgan fingerprint density at radius 2 is 2.22 bits per heavy atom. The summed E-state index contributed by atoms with van der Waals surface area (Å²) in [5.74, 6) is 0.701. The molecule has 6 heteroatoms. The summed E-state index contributed by atoms with van der Waals surface area (Å²) in [7, 11) is 0. The molecule has 1 unspecified atom stereocenters. The van der Waals surface area contributed by atoms with E-state index >= 15 is 0 Å². The molecule has 92 valence electrons. The summed E-state index contributed by atoms with van der Waals surface area (Å²) < 4.78 is 0. The molecule has 6 nitrogen and oxygen atoms in total. The van der Waals surface area contributed by atoms with Gasteiger partial charge in [-0.2, -0.15) is 5.10 Å². The van der Waals surface area contributed by atoms with E-state index in [9.17, 15) is 9.90 Å². The predicted octanol–water partition coefficient (Wildman–Crippen LogP) is 1.65. The summed E-state index contributed by atoms with van der Waals surface area (Å²) in [6.07, 6.45) is 0. The molecule has 2 heterocycles. The number of benzene rings is 1. The van der Waals surface area contributed by atoms with Gasteiger partial charge in [0, 0.05) is 11.3 Å². The van der Waals surface area contributed by atoms with E-state index in [1.807, 2.05) is 13.0 Å². The quantitative estimate of drug-likeness (QED) is 0.614. The van der Waals surface area contributed by atoms with Crippen LogP contribution in [0.25, 0.3) is 0 Å². The Morgan fingerprint density at radius 3 is 3.00 bits per heavy atom. The Balaban J connectivity index is 2.12. The van der Waals surface area contributed by atoms with Crippen LogP contribution < -0.4 is 10.6 Å². The topological polar surface area (TPSA) is 90.0 Å². The van der Waals surface area contributed by atoms with Crippen molar-refractivity contribution in [1.82, 2.24) is 15.5 Å². The smallest absolute Gasteiger partial charge is 0.321 e. The highest BCUT2D eigenvalue weighted by atomic mass is 16.3. The third-order valence-corrected chi connectivity index (χ3v) is 2.99. The molecule has 1 atom stereocenters. The highest BCUT2D eigenvalue weighted by molar-refractivity contribution is 5.92. The number of urea groups is 1. The molecule has 1 aliphatic rings. The van der Waals surface area contributed by atoms with Gasteiger partial charge >= 0.3 is 6.03 Å². The number of carbonyl (C=O) groups is 1. The van der Waals surface area contributed by atoms with Gasteiger partial charge in [0.2, 0.25) is 0 Å². The second-order valence-electron chi connectivity index (χ2n) is 4.24. The number of fused-ring (bicyclic) bond motifs is 1. The Kier molecular flexibility index (Phi) is 2.22. The highest BCUT2D eigenvalue weighted by Crippen LogP contribution is 2.33. The number of aromatic nitrogens is 2. The summed E-state index contributed by atoms with van der Waals surface area (Å²) in [4.78, 5) is 11.6. The van der Waals surface area contributed by atoms with Gasteiger partial charge in [-0.3, -0.25) is 10.4 Å². The number of nitrogens with zero attached hydrogens (tertiary/aromatic N) is 1. The molecule has 1 aromatic heterocycles. The molecule has 0 fully saturated rings. The fraction of sp³-hybridized carbons (Fsp3) is 0.167. The number of phenols is 1. The van der Waals surface area contributed by atoms with E-state index in [0.29, 0.717) is 5.82 Å². The standard InChI is InChI=1S/C12H12N4O2/c1-6-9-10(7-3-2-4-8(17)5-7)13-12(18)14-11(9)16-15-6/h2-5,10,17H,1H3,(H3,13,14,15,16,18). The lowest BCUT2D eigenvalue weighted by Crippen LogP contribution is -2.38. The average Bonchev–Trinajstić information content (AvgIpc) is 2.70. The Labute approximate surface area is 103 Å². The van der Waals surface area contributed by atoms with Crippen molar-refractivity contribution in [1.29, 1.82) is 0 Å². The highest BCUT2D eigenvalue weighted by Gasteiger charge is 2.29. The third-order valence-electron chi connectivity index (χ3n) is 2.99. The molecule has 0 saturated carbocycles. The molecule has 0 bridgehead atoms. The van der Waals surface area contributed by atoms with Crippen molar-refractivity contribution >= 4 is 11.8 Å². The number of aromatic amines is 1. The zero-order valence-corrected chi connectivity index (χ0v) is 9.69. The molecule has 3 rings (SSSR count). The third kappa shape index (κ3) is 1.58. The molecule has 0 saturated heterocycles. The van der Waals surface area contributed by atoms with Crippen molar-refractivity contribution in [3.8, 4) is 5.75 Å². The molecule has 2 amide bonds. The first kappa shape index (κ1) is 10.6. The van der Waals surface area contributed by atoms with Crippen LogP contribution in [0.1, 0.15) is 22.9 Å². The maximum absolute atomic E-state index is 11.6. The minimum Gasteiger partial charge on any atom is -0.508 e. The maximum Gasteiger partial charge on any atom is 0.321 e. The van der Waals surface area contributed by atoms with E-state index in [-0.39, 0.29) is 17.8 Å². The molecular formula is C12H12N4O2. The van der Waals surface area contributed by atoms with E-state index in [4.69, 9.17) is 0 Å². The van der Waals surface area contributed by atoms with Crippen LogP contribution in [0.4, 0.5) is 10.6 Å². The van der Waals surface area contributed by atoms with Crippen LogP contribution in [0.3, 0.4) is 0 Å². The van der Waals surface area contributed by atoms with Crippen LogP contribution in [-0.2, 0) is 0 Å². The number of hydrogen-bond donors (Lipinski definition) is 4. The van der Waals surface area contributed by atoms with E-state index in [2.05, 4.69) is 20.8 Å². The normalized spacial score (nSPS) is 17.8. The second kappa shape index (κ2) is 3.76. The van der Waals surface area contributed by atoms with Crippen molar-refractivity contribution in [2.45, 2.75) is 13.0 Å². The predicted molar refractivity (Wildman–Crippen MR) is 65.4 cm³/mol. The summed E-state index contributed by atoms with van der Waals surface area (Å²) in [6, 6.07) is 6.21. The van der Waals surface area contributed by atoms with Crippen LogP contribution in [0, 0.1) is 6.92 Å². The van der Waals surface area contributed by atoms with Gasteiger partial charge in [-0.1, -0.05) is 12.1 Å². The average molecular weight is 244 g/mol. The molecule has 1 aromatic carbocycles. The van der Waals surface area contributed by atoms with Crippen LogP contribution in [0.2, 0.25) is 0 Å². The van der Waals surface area contributed by atoms with E-state index in [1.165, 1.54) is 0 Å². The number of aryl methyl sites for hydroxylation is 1. The molecule has 0 aliphatic carbocycles. The van der Waals surface area contributed by atoms with Gasteiger partial charge in [0.05, 0.1) is 6.04 Å². The van der Waals surface area contributed by atoms with E-state index in [1.54, 1.807) is 18.2 Å². The van der Waals surface area contributed by atoms with E-state index < -0.39 is 0 Å². The van der Waals surface area contributed by atoms with Crippen molar-refractivity contribution in [3.05, 3.63) is 41.1 Å². The second-order valence-corrected chi connectivity index (χ2v) is 4.24. The van der Waals surface area contributed by atoms with Crippen molar-refractivity contribution in [2.75, 3.05) is 5.32 Å². The SMILES string of the molecule is Cc1[nH]nc2c1C(c1cccc(O)c1)NC(=O)N2. The van der Waals surface area contributed by atoms with Crippen LogP contribution in [0.15, 0.2) is 24.3 Å². The zero-order valence-electron chi connectivity index (χ0n) is 9.69. The van der Waals surface area contributed by atoms with Crippen LogP contribution in [-0.4, -0.2) is 21.3 Å². The fourth-order valence-corrected chi connectivity index (χ4v) is 2.19. The summed E-state index contributed by atoms with van der Waals surface area (Å²) in [5, 5.41) is 21.9. The van der Waals surface area contributed by atoms with Gasteiger partial charge < -0.3 is 10.4 Å². The summed E-state index contributed by atoms with van der Waals surface area (Å²) >= 11 is 0. The lowest BCUT2D eigenvalue weighted by atomic mass is 9.97. The molecule has 0 radical (unpaired) electrons. The van der Waals surface area contributed by atoms with Gasteiger partial charge in [0.25, 0.3) is 0 Å². The van der Waals surface area contributed by atoms with Crippen LogP contribution in [0.5, 0.6) is 5.75 Å². The van der Waals surface area contributed by atoms with Gasteiger partial charge in [-0.05, 0) is 24.6 Å². The first-order valence-corrected chi connectivity index (χ1v) is 5.56. The first-order chi connectivity index (χ1) is 8.65. The zero-order chi connectivity index (χ0) is 12.7. The monoisotopic (exact) mass is 244 g/mol. The largest absolute Gasteiger partial charge is 0.508 e. The Hall–Kier alpha value is -2.50. The minimum absolute atomic E-state index is 0.169. The molecule has 4 N–H and O–H groups in total. The lowest BCUT2D eigenvalue weighted by Gasteiger charge is -2.24. The number of hydrogen-bond acceptors (Lipinski definition) is 3. The van der Waals surface area contributed by atoms with Crippen molar-refractivity contribution in [3.63, 3.8) is 0 Å². The molecule has 18 heavy (non-hydrogen) atoms. The van der Waals surface area contributed by atoms with Gasteiger partial charge in [-0.25, -0.2) is 4.79 Å². The number of aromatic hydroxyl groups is 1. The summed E-state index contributed by atoms with van der Waals surface area (Å²) in [6.45, 7) is 1.89. The van der Waals surface area contributed by atoms with Gasteiger partial charge in [-0.15, -0.1) is 0 Å². The van der Waals surface area contributed by atoms with Gasteiger partial charge in [0.15, 0.2) is 5.82 Å². The number of carbonyl (C=O) groups excluding carboxylic acids is 1. The minimum atomic E-state index is -0.306. The Morgan fingerprint density at radius 1 is 1.39 bits per heavy atom. The van der Waals surface area contributed by atoms with Gasteiger partial charge in [0.1, 0.15) is 5.75 Å². The number of phenolic OH excluding ortho intramolecular Hbond substituents is 1. The summed E-state index contributed by atoms with van der Waals surface area (Å²) in [5.41, 5.74) is 2.58. The molecule has 2 aromatic rings. The first-order valence-electron chi connectivity index (χ1n) is 5.56. The fourth-order valence-electron chi connectivity index (χ4n) is 2.19. The Bertz CT molecular complexity index is 620.